The van der Waals surface area contributed by atoms with Gasteiger partial charge in [-0.15, -0.1) is 0 Å². The third-order valence-electron chi connectivity index (χ3n) is 5.70. The predicted molar refractivity (Wildman–Crippen MR) is 101 cm³/mol. The van der Waals surface area contributed by atoms with Gasteiger partial charge in [0.25, 0.3) is 0 Å². The Morgan fingerprint density at radius 1 is 1.17 bits per heavy atom. The van der Waals surface area contributed by atoms with Crippen LogP contribution in [0.25, 0.3) is 0 Å². The van der Waals surface area contributed by atoms with Crippen LogP contribution in [0.5, 0.6) is 0 Å². The van der Waals surface area contributed by atoms with Crippen LogP contribution in [-0.4, -0.2) is 11.9 Å². The molecule has 0 fully saturated rings. The van der Waals surface area contributed by atoms with E-state index >= 15 is 0 Å². The van der Waals surface area contributed by atoms with E-state index in [9.17, 15) is 0 Å². The normalized spacial score (nSPS) is 26.0. The van der Waals surface area contributed by atoms with Crippen LogP contribution in [0.1, 0.15) is 33.6 Å². The Bertz CT molecular complexity index is 824. The van der Waals surface area contributed by atoms with E-state index in [0.29, 0.717) is 5.92 Å². The molecular weight excluding hydrogens is 346 g/mol. The molecule has 0 saturated heterocycles. The molecule has 0 N–H and O–H groups in total. The lowest BCUT2D eigenvalue weighted by Gasteiger charge is -2.26. The molecule has 1 aliphatic heterocycles. The summed E-state index contributed by atoms with van der Waals surface area (Å²) in [7, 11) is 2.19. The number of fused-ring (bicyclic) bond motifs is 2. The van der Waals surface area contributed by atoms with E-state index in [0.717, 1.165) is 12.8 Å². The molecule has 0 aromatic rings. The molecule has 23 heavy (non-hydrogen) atoms. The van der Waals surface area contributed by atoms with Crippen molar-refractivity contribution in [3.63, 3.8) is 0 Å². The molecule has 1 heterocycles. The monoisotopic (exact) mass is 367 g/mol. The number of rotatable bonds is 2. The van der Waals surface area contributed by atoms with Crippen molar-refractivity contribution < 1.29 is 0 Å². The van der Waals surface area contributed by atoms with E-state index in [1.54, 1.807) is 0 Å². The maximum absolute atomic E-state index is 3.94. The number of hydrogen-bond donors (Lipinski definition) is 0. The van der Waals surface area contributed by atoms with Crippen molar-refractivity contribution >= 4 is 15.9 Å². The molecule has 0 amide bonds. The molecule has 1 unspecified atom stereocenters. The van der Waals surface area contributed by atoms with Gasteiger partial charge >= 0.3 is 0 Å². The van der Waals surface area contributed by atoms with Gasteiger partial charge in [-0.25, -0.2) is 0 Å². The van der Waals surface area contributed by atoms with Gasteiger partial charge in [0.05, 0.1) is 5.92 Å². The summed E-state index contributed by atoms with van der Waals surface area (Å²) in [5.41, 5.74) is 11.5. The molecule has 0 bridgehead atoms. The van der Waals surface area contributed by atoms with Crippen LogP contribution in [0.15, 0.2) is 79.7 Å². The van der Waals surface area contributed by atoms with Gasteiger partial charge in [-0.05, 0) is 67.6 Å². The van der Waals surface area contributed by atoms with E-state index in [4.69, 9.17) is 0 Å². The Kier molecular flexibility index (Phi) is 3.42. The highest BCUT2D eigenvalue weighted by molar-refractivity contribution is 9.11. The average molecular weight is 368 g/mol. The van der Waals surface area contributed by atoms with Crippen molar-refractivity contribution in [1.82, 2.24) is 4.90 Å². The lowest BCUT2D eigenvalue weighted by Crippen LogP contribution is -2.17. The zero-order valence-electron chi connectivity index (χ0n) is 14.2. The van der Waals surface area contributed by atoms with Crippen molar-refractivity contribution in [3.05, 3.63) is 79.7 Å². The summed E-state index contributed by atoms with van der Waals surface area (Å²) >= 11 is 3.94. The molecule has 4 aliphatic rings. The van der Waals surface area contributed by atoms with Crippen molar-refractivity contribution in [3.8, 4) is 0 Å². The quantitative estimate of drug-likeness (QED) is 0.585. The third-order valence-corrected chi connectivity index (χ3v) is 6.58. The number of hydrogen-bond acceptors (Lipinski definition) is 1. The number of halogens is 1. The summed E-state index contributed by atoms with van der Waals surface area (Å²) in [4.78, 5) is 2.35. The number of allylic oxidation sites excluding steroid dienone is 12. The van der Waals surface area contributed by atoms with Crippen LogP contribution < -0.4 is 0 Å². The molecule has 0 radical (unpaired) electrons. The second kappa shape index (κ2) is 5.24. The first kappa shape index (κ1) is 15.0. The van der Waals surface area contributed by atoms with Crippen LogP contribution >= 0.6 is 15.9 Å². The van der Waals surface area contributed by atoms with Gasteiger partial charge in [0.2, 0.25) is 0 Å². The Morgan fingerprint density at radius 3 is 2.65 bits per heavy atom. The molecule has 1 nitrogen and oxygen atoms in total. The van der Waals surface area contributed by atoms with Gasteiger partial charge in [-0.3, -0.25) is 0 Å². The van der Waals surface area contributed by atoms with E-state index in [1.165, 1.54) is 49.3 Å². The maximum Gasteiger partial charge on any atom is 0.0541 e. The van der Waals surface area contributed by atoms with Crippen LogP contribution in [0.4, 0.5) is 0 Å². The highest BCUT2D eigenvalue weighted by Gasteiger charge is 2.38. The van der Waals surface area contributed by atoms with E-state index in [2.05, 4.69) is 79.0 Å². The van der Waals surface area contributed by atoms with Crippen LogP contribution in [0.2, 0.25) is 0 Å². The van der Waals surface area contributed by atoms with E-state index in [-0.39, 0.29) is 0 Å². The summed E-state index contributed by atoms with van der Waals surface area (Å²) in [5, 5.41) is 0. The maximum atomic E-state index is 3.94. The zero-order valence-corrected chi connectivity index (χ0v) is 15.8. The summed E-state index contributed by atoms with van der Waals surface area (Å²) in [6, 6.07) is 0. The molecule has 0 spiro atoms. The first-order valence-electron chi connectivity index (χ1n) is 8.28. The molecule has 4 rings (SSSR count). The Hall–Kier alpha value is -1.54. The largest absolute Gasteiger partial charge is 0.351 e. The van der Waals surface area contributed by atoms with Crippen LogP contribution in [-0.2, 0) is 0 Å². The lowest BCUT2D eigenvalue weighted by molar-refractivity contribution is 0.521. The fourth-order valence-electron chi connectivity index (χ4n) is 4.09. The van der Waals surface area contributed by atoms with Crippen molar-refractivity contribution in [2.45, 2.75) is 33.6 Å². The molecule has 3 aliphatic carbocycles. The van der Waals surface area contributed by atoms with Gasteiger partial charge < -0.3 is 4.90 Å². The topological polar surface area (TPSA) is 3.24 Å². The van der Waals surface area contributed by atoms with Gasteiger partial charge in [0.15, 0.2) is 0 Å². The standard InChI is InChI=1S/C21H22BrN/c1-12-9-18-17(16(12)10-15-7-5-6-8-15)11-19-20(21(18)22)13(2)14(3)23(19)4/h5-7,9,11,20H,8,10H2,1-4H3. The second-order valence-corrected chi connectivity index (χ2v) is 7.80. The fraction of sp³-hybridized carbons (Fsp3) is 0.333. The average Bonchev–Trinajstić information content (AvgIpc) is 3.19. The molecule has 0 saturated carbocycles. The van der Waals surface area contributed by atoms with Crippen molar-refractivity contribution in [2.24, 2.45) is 5.92 Å². The molecule has 118 valence electrons. The summed E-state index contributed by atoms with van der Waals surface area (Å²) in [6.45, 7) is 6.73. The van der Waals surface area contributed by atoms with E-state index < -0.39 is 0 Å². The fourth-order valence-corrected chi connectivity index (χ4v) is 5.00. The second-order valence-electron chi connectivity index (χ2n) is 6.94. The van der Waals surface area contributed by atoms with E-state index in [1.807, 2.05) is 0 Å². The highest BCUT2D eigenvalue weighted by Crippen LogP contribution is 2.51. The minimum atomic E-state index is 0.398. The van der Waals surface area contributed by atoms with Crippen LogP contribution in [0.3, 0.4) is 0 Å². The third kappa shape index (κ3) is 2.11. The molecule has 0 aromatic carbocycles. The molecular formula is C21H22BrN. The highest BCUT2D eigenvalue weighted by atomic mass is 79.9. The predicted octanol–water partition coefficient (Wildman–Crippen LogP) is 5.92. The summed E-state index contributed by atoms with van der Waals surface area (Å²) in [6.07, 6.45) is 13.7. The lowest BCUT2D eigenvalue weighted by atomic mass is 9.87. The van der Waals surface area contributed by atoms with Crippen molar-refractivity contribution in [2.75, 3.05) is 7.05 Å². The van der Waals surface area contributed by atoms with Gasteiger partial charge in [0.1, 0.15) is 0 Å². The van der Waals surface area contributed by atoms with Crippen molar-refractivity contribution in [1.29, 1.82) is 0 Å². The summed E-state index contributed by atoms with van der Waals surface area (Å²) < 4.78 is 1.33. The first-order valence-corrected chi connectivity index (χ1v) is 9.07. The zero-order chi connectivity index (χ0) is 16.3. The van der Waals surface area contributed by atoms with Gasteiger partial charge in [-0.1, -0.05) is 45.8 Å². The van der Waals surface area contributed by atoms with Gasteiger partial charge in [0, 0.05) is 22.9 Å². The SMILES string of the molecule is CC1=CC2=C(Br)C3C(=CC2=C1CC1=CC=CC1)N(C)C(C)=C3C. The minimum absolute atomic E-state index is 0.398. The minimum Gasteiger partial charge on any atom is -0.351 e. The van der Waals surface area contributed by atoms with Gasteiger partial charge in [-0.2, -0.15) is 0 Å². The molecule has 1 atom stereocenters. The number of nitrogens with zero attached hydrogens (tertiary/aromatic N) is 1. The Balaban J connectivity index is 1.82. The molecule has 2 heteroatoms. The Labute approximate surface area is 147 Å². The van der Waals surface area contributed by atoms with Crippen LogP contribution in [0, 0.1) is 5.92 Å². The smallest absolute Gasteiger partial charge is 0.0541 e. The Morgan fingerprint density at radius 2 is 1.96 bits per heavy atom. The molecule has 0 aromatic heterocycles. The first-order chi connectivity index (χ1) is 11.0. The summed E-state index contributed by atoms with van der Waals surface area (Å²) in [5.74, 6) is 0.398.